The van der Waals surface area contributed by atoms with Crippen molar-refractivity contribution in [2.24, 2.45) is 5.16 Å². The van der Waals surface area contributed by atoms with Gasteiger partial charge in [0.1, 0.15) is 7.11 Å². The lowest BCUT2D eigenvalue weighted by Gasteiger charge is -2.29. The fraction of sp³-hybridized carbons (Fsp3) is 0.462. The van der Waals surface area contributed by atoms with Crippen molar-refractivity contribution in [1.29, 1.82) is 0 Å². The monoisotopic (exact) mass is 263 g/mol. The van der Waals surface area contributed by atoms with E-state index in [1.54, 1.807) is 12.1 Å². The number of nitro groups is 1. The van der Waals surface area contributed by atoms with Crippen LogP contribution in [0, 0.1) is 10.1 Å². The molecule has 1 aliphatic rings. The standard InChI is InChI=1S/C13H17N3O3/c1-19-14-13(15-9-3-2-4-10-15)11-5-7-12(8-6-11)16(17)18/h5-8H,2-4,9-10H2,1H3/b14-13-. The van der Waals surface area contributed by atoms with Gasteiger partial charge in [0.25, 0.3) is 5.69 Å². The van der Waals surface area contributed by atoms with Gasteiger partial charge in [-0.25, -0.2) is 0 Å². The van der Waals surface area contributed by atoms with Crippen LogP contribution in [0.5, 0.6) is 0 Å². The minimum absolute atomic E-state index is 0.0826. The molecule has 0 N–H and O–H groups in total. The molecule has 1 saturated heterocycles. The van der Waals surface area contributed by atoms with E-state index in [9.17, 15) is 10.1 Å². The smallest absolute Gasteiger partial charge is 0.269 e. The molecular formula is C13H17N3O3. The minimum atomic E-state index is -0.405. The molecule has 0 spiro atoms. The van der Waals surface area contributed by atoms with E-state index in [2.05, 4.69) is 10.1 Å². The zero-order valence-corrected chi connectivity index (χ0v) is 10.9. The molecule has 2 rings (SSSR count). The predicted octanol–water partition coefficient (Wildman–Crippen LogP) is 2.39. The third kappa shape index (κ3) is 3.21. The first kappa shape index (κ1) is 13.3. The summed E-state index contributed by atoms with van der Waals surface area (Å²) in [7, 11) is 1.51. The highest BCUT2D eigenvalue weighted by Gasteiger charge is 2.18. The number of hydrogen-bond acceptors (Lipinski definition) is 4. The molecular weight excluding hydrogens is 246 g/mol. The Kier molecular flexibility index (Phi) is 4.33. The van der Waals surface area contributed by atoms with Crippen molar-refractivity contribution in [1.82, 2.24) is 4.90 Å². The summed E-state index contributed by atoms with van der Waals surface area (Å²) in [5.74, 6) is 0.747. The SMILES string of the molecule is CO/N=C(/c1ccc([N+](=O)[O-])cc1)N1CCCCC1. The number of non-ortho nitro benzene ring substituents is 1. The van der Waals surface area contributed by atoms with Crippen molar-refractivity contribution in [2.75, 3.05) is 20.2 Å². The maximum atomic E-state index is 10.6. The summed E-state index contributed by atoms with van der Waals surface area (Å²) >= 11 is 0. The van der Waals surface area contributed by atoms with Gasteiger partial charge in [0.2, 0.25) is 0 Å². The van der Waals surface area contributed by atoms with Crippen LogP contribution in [0.25, 0.3) is 0 Å². The van der Waals surface area contributed by atoms with Gasteiger partial charge in [0.05, 0.1) is 4.92 Å². The highest BCUT2D eigenvalue weighted by atomic mass is 16.6. The molecule has 1 aromatic carbocycles. The highest BCUT2D eigenvalue weighted by molar-refractivity contribution is 5.98. The summed E-state index contributed by atoms with van der Waals surface area (Å²) in [6.45, 7) is 1.89. The topological polar surface area (TPSA) is 68.0 Å². The summed E-state index contributed by atoms with van der Waals surface area (Å²) in [6.07, 6.45) is 3.50. The molecule has 0 bridgehead atoms. The fourth-order valence-electron chi connectivity index (χ4n) is 2.22. The van der Waals surface area contributed by atoms with Crippen molar-refractivity contribution in [3.05, 3.63) is 39.9 Å². The molecule has 0 unspecified atom stereocenters. The number of likely N-dealkylation sites (tertiary alicyclic amines) is 1. The van der Waals surface area contributed by atoms with Crippen molar-refractivity contribution in [3.63, 3.8) is 0 Å². The number of hydrogen-bond donors (Lipinski definition) is 0. The maximum absolute atomic E-state index is 10.6. The van der Waals surface area contributed by atoms with Crippen LogP contribution in [0.1, 0.15) is 24.8 Å². The van der Waals surface area contributed by atoms with Crippen molar-refractivity contribution < 1.29 is 9.76 Å². The van der Waals surface area contributed by atoms with Gasteiger partial charge in [0, 0.05) is 30.8 Å². The van der Waals surface area contributed by atoms with Gasteiger partial charge in [-0.15, -0.1) is 0 Å². The van der Waals surface area contributed by atoms with E-state index in [1.807, 2.05) is 0 Å². The summed E-state index contributed by atoms with van der Waals surface area (Å²) < 4.78 is 0. The number of oxime groups is 1. The molecule has 0 aromatic heterocycles. The van der Waals surface area contributed by atoms with Gasteiger partial charge in [-0.3, -0.25) is 10.1 Å². The van der Waals surface area contributed by atoms with Crippen LogP contribution in [-0.4, -0.2) is 35.9 Å². The average molecular weight is 263 g/mol. The number of amidine groups is 1. The van der Waals surface area contributed by atoms with E-state index < -0.39 is 4.92 Å². The molecule has 1 aromatic rings. The van der Waals surface area contributed by atoms with E-state index in [1.165, 1.54) is 25.7 Å². The van der Waals surface area contributed by atoms with Crippen molar-refractivity contribution in [3.8, 4) is 0 Å². The Balaban J connectivity index is 2.23. The highest BCUT2D eigenvalue weighted by Crippen LogP contribution is 2.17. The predicted molar refractivity (Wildman–Crippen MR) is 72.1 cm³/mol. The van der Waals surface area contributed by atoms with Crippen LogP contribution < -0.4 is 0 Å². The molecule has 0 atom stereocenters. The molecule has 0 amide bonds. The van der Waals surface area contributed by atoms with Gasteiger partial charge < -0.3 is 9.74 Å². The molecule has 102 valence electrons. The van der Waals surface area contributed by atoms with Crippen LogP contribution >= 0.6 is 0 Å². The van der Waals surface area contributed by atoms with E-state index in [-0.39, 0.29) is 5.69 Å². The summed E-state index contributed by atoms with van der Waals surface area (Å²) in [4.78, 5) is 17.3. The Morgan fingerprint density at radius 2 is 1.89 bits per heavy atom. The second-order valence-corrected chi connectivity index (χ2v) is 4.45. The molecule has 0 radical (unpaired) electrons. The third-order valence-electron chi connectivity index (χ3n) is 3.17. The van der Waals surface area contributed by atoms with Gasteiger partial charge >= 0.3 is 0 Å². The Labute approximate surface area is 111 Å². The Morgan fingerprint density at radius 1 is 1.26 bits per heavy atom. The maximum Gasteiger partial charge on any atom is 0.269 e. The number of benzene rings is 1. The molecule has 6 heteroatoms. The van der Waals surface area contributed by atoms with Crippen LogP contribution in [-0.2, 0) is 4.84 Å². The zero-order valence-electron chi connectivity index (χ0n) is 10.9. The van der Waals surface area contributed by atoms with Gasteiger partial charge in [-0.1, -0.05) is 5.16 Å². The fourth-order valence-corrected chi connectivity index (χ4v) is 2.22. The largest absolute Gasteiger partial charge is 0.397 e. The van der Waals surface area contributed by atoms with Crippen molar-refractivity contribution in [2.45, 2.75) is 19.3 Å². The van der Waals surface area contributed by atoms with Gasteiger partial charge in [-0.2, -0.15) is 0 Å². The van der Waals surface area contributed by atoms with Crippen LogP contribution in [0.3, 0.4) is 0 Å². The lowest BCUT2D eigenvalue weighted by Crippen LogP contribution is -2.36. The average Bonchev–Trinajstić information content (AvgIpc) is 2.46. The Hall–Kier alpha value is -2.11. The normalized spacial score (nSPS) is 16.3. The number of nitro benzene ring substituents is 1. The number of nitrogens with zero attached hydrogens (tertiary/aromatic N) is 3. The quantitative estimate of drug-likeness (QED) is 0.363. The van der Waals surface area contributed by atoms with Crippen LogP contribution in [0.2, 0.25) is 0 Å². The summed E-state index contributed by atoms with van der Waals surface area (Å²) in [5.41, 5.74) is 0.925. The first-order valence-electron chi connectivity index (χ1n) is 6.33. The Morgan fingerprint density at radius 3 is 2.42 bits per heavy atom. The molecule has 19 heavy (non-hydrogen) atoms. The zero-order chi connectivity index (χ0) is 13.7. The first-order chi connectivity index (χ1) is 9.22. The van der Waals surface area contributed by atoms with Gasteiger partial charge in [0.15, 0.2) is 5.84 Å². The molecule has 1 aliphatic heterocycles. The number of rotatable bonds is 3. The minimum Gasteiger partial charge on any atom is -0.397 e. The molecule has 1 heterocycles. The first-order valence-corrected chi connectivity index (χ1v) is 6.33. The molecule has 0 aliphatic carbocycles. The lowest BCUT2D eigenvalue weighted by molar-refractivity contribution is -0.384. The second kappa shape index (κ2) is 6.17. The van der Waals surface area contributed by atoms with Crippen LogP contribution in [0.4, 0.5) is 5.69 Å². The van der Waals surface area contributed by atoms with E-state index in [4.69, 9.17) is 4.84 Å². The molecule has 1 fully saturated rings. The third-order valence-corrected chi connectivity index (χ3v) is 3.17. The second-order valence-electron chi connectivity index (χ2n) is 4.45. The lowest BCUT2D eigenvalue weighted by atomic mass is 10.1. The summed E-state index contributed by atoms with van der Waals surface area (Å²) in [6, 6.07) is 6.41. The van der Waals surface area contributed by atoms with Crippen molar-refractivity contribution >= 4 is 11.5 Å². The van der Waals surface area contributed by atoms with E-state index >= 15 is 0 Å². The van der Waals surface area contributed by atoms with Crippen LogP contribution in [0.15, 0.2) is 29.4 Å². The molecule has 6 nitrogen and oxygen atoms in total. The Bertz CT molecular complexity index is 465. The van der Waals surface area contributed by atoms with Gasteiger partial charge in [-0.05, 0) is 31.4 Å². The molecule has 0 saturated carbocycles. The number of piperidine rings is 1. The van der Waals surface area contributed by atoms with E-state index in [0.717, 1.165) is 37.3 Å². The summed E-state index contributed by atoms with van der Waals surface area (Å²) in [5, 5.41) is 14.7. The van der Waals surface area contributed by atoms with E-state index in [0.29, 0.717) is 0 Å².